The van der Waals surface area contributed by atoms with Crippen molar-refractivity contribution in [3.8, 4) is 5.69 Å². The van der Waals surface area contributed by atoms with Crippen molar-refractivity contribution >= 4 is 17.5 Å². The number of ketones is 1. The first-order valence-electron chi connectivity index (χ1n) is 8.92. The van der Waals surface area contributed by atoms with Gasteiger partial charge in [0.2, 0.25) is 5.16 Å². The van der Waals surface area contributed by atoms with Gasteiger partial charge in [0.25, 0.3) is 0 Å². The van der Waals surface area contributed by atoms with Crippen LogP contribution in [0, 0.1) is 6.92 Å². The lowest BCUT2D eigenvalue weighted by atomic mass is 9.86. The topological polar surface area (TPSA) is 60.7 Å². The number of Topliss-reactive ketones (excluding diaryl/α,β-unsaturated/α-hetero) is 1. The van der Waals surface area contributed by atoms with Crippen LogP contribution in [0.4, 0.5) is 0 Å². The maximum Gasteiger partial charge on any atom is 0.214 e. The number of hydrogen-bond donors (Lipinski definition) is 0. The van der Waals surface area contributed by atoms with Crippen LogP contribution in [-0.2, 0) is 5.41 Å². The fourth-order valence-corrected chi connectivity index (χ4v) is 3.57. The Morgan fingerprint density at radius 2 is 1.67 bits per heavy atom. The van der Waals surface area contributed by atoms with Crippen LogP contribution < -0.4 is 0 Å². The highest BCUT2D eigenvalue weighted by atomic mass is 32.2. The first-order valence-corrected chi connectivity index (χ1v) is 9.80. The van der Waals surface area contributed by atoms with E-state index in [1.807, 2.05) is 62.4 Å². The number of hydrogen-bond acceptors (Lipinski definition) is 5. The predicted octanol–water partition coefficient (Wildman–Crippen LogP) is 4.63. The molecule has 0 N–H and O–H groups in total. The molecule has 0 aliphatic heterocycles. The zero-order chi connectivity index (χ0) is 19.6. The van der Waals surface area contributed by atoms with E-state index in [1.165, 1.54) is 22.9 Å². The molecule has 3 rings (SSSR count). The van der Waals surface area contributed by atoms with E-state index in [0.29, 0.717) is 10.7 Å². The Morgan fingerprint density at radius 3 is 2.26 bits per heavy atom. The molecule has 0 amide bonds. The lowest BCUT2D eigenvalue weighted by molar-refractivity contribution is 0.0994. The van der Waals surface area contributed by atoms with Gasteiger partial charge in [-0.25, -0.2) is 0 Å². The Kier molecular flexibility index (Phi) is 5.46. The van der Waals surface area contributed by atoms with Gasteiger partial charge in [-0.3, -0.25) is 4.79 Å². The molecule has 0 spiro atoms. The Hall–Kier alpha value is -2.47. The van der Waals surface area contributed by atoms with E-state index in [1.54, 1.807) is 4.68 Å². The van der Waals surface area contributed by atoms with Crippen LogP contribution in [0.3, 0.4) is 0 Å². The van der Waals surface area contributed by atoms with Gasteiger partial charge in [0, 0.05) is 5.56 Å². The molecule has 0 fully saturated rings. The molecule has 5 nitrogen and oxygen atoms in total. The average molecular weight is 381 g/mol. The summed E-state index contributed by atoms with van der Waals surface area (Å²) < 4.78 is 1.66. The van der Waals surface area contributed by atoms with Gasteiger partial charge in [0.15, 0.2) is 5.78 Å². The molecule has 1 aromatic heterocycles. The molecule has 0 unspecified atom stereocenters. The summed E-state index contributed by atoms with van der Waals surface area (Å²) in [6.45, 7) is 10.4. The number of aryl methyl sites for hydroxylation is 1. The summed E-state index contributed by atoms with van der Waals surface area (Å²) in [5, 5.41) is 12.2. The van der Waals surface area contributed by atoms with Gasteiger partial charge in [0.05, 0.1) is 10.9 Å². The number of tetrazole rings is 1. The van der Waals surface area contributed by atoms with E-state index in [2.05, 4.69) is 36.3 Å². The number of thioether (sulfide) groups is 1. The van der Waals surface area contributed by atoms with Crippen LogP contribution in [0.25, 0.3) is 5.69 Å². The van der Waals surface area contributed by atoms with E-state index < -0.39 is 0 Å². The van der Waals surface area contributed by atoms with Crippen molar-refractivity contribution in [2.24, 2.45) is 0 Å². The summed E-state index contributed by atoms with van der Waals surface area (Å²) in [4.78, 5) is 12.8. The zero-order valence-electron chi connectivity index (χ0n) is 16.3. The van der Waals surface area contributed by atoms with Crippen LogP contribution in [0.15, 0.2) is 53.7 Å². The predicted molar refractivity (Wildman–Crippen MR) is 109 cm³/mol. The number of carbonyl (C=O) groups is 1. The van der Waals surface area contributed by atoms with Gasteiger partial charge < -0.3 is 0 Å². The van der Waals surface area contributed by atoms with Gasteiger partial charge in [-0.1, -0.05) is 74.5 Å². The summed E-state index contributed by atoms with van der Waals surface area (Å²) in [7, 11) is 0. The number of benzene rings is 2. The fourth-order valence-electron chi connectivity index (χ4n) is 2.68. The minimum atomic E-state index is -0.291. The molecule has 0 aliphatic rings. The van der Waals surface area contributed by atoms with Crippen molar-refractivity contribution in [1.29, 1.82) is 0 Å². The third-order valence-electron chi connectivity index (χ3n) is 4.41. The highest BCUT2D eigenvalue weighted by Gasteiger charge is 2.21. The normalized spacial score (nSPS) is 12.8. The smallest absolute Gasteiger partial charge is 0.214 e. The van der Waals surface area contributed by atoms with Crippen LogP contribution in [0.5, 0.6) is 0 Å². The molecule has 1 atom stereocenters. The van der Waals surface area contributed by atoms with Crippen molar-refractivity contribution in [1.82, 2.24) is 20.2 Å². The van der Waals surface area contributed by atoms with Gasteiger partial charge in [0.1, 0.15) is 0 Å². The van der Waals surface area contributed by atoms with Crippen molar-refractivity contribution < 1.29 is 4.79 Å². The maximum atomic E-state index is 12.8. The Balaban J connectivity index is 1.76. The number of nitrogens with zero attached hydrogens (tertiary/aromatic N) is 4. The summed E-state index contributed by atoms with van der Waals surface area (Å²) in [5.41, 5.74) is 4.03. The molecular weight excluding hydrogens is 356 g/mol. The van der Waals surface area contributed by atoms with Crippen LogP contribution in [0.1, 0.15) is 49.2 Å². The Bertz CT molecular complexity index is 924. The Labute approximate surface area is 164 Å². The monoisotopic (exact) mass is 380 g/mol. The van der Waals surface area contributed by atoms with E-state index in [-0.39, 0.29) is 16.4 Å². The standard InChI is InChI=1S/C21H24N4OS/c1-14-6-12-18(13-7-14)25-20(22-23-24-25)27-15(2)19(26)16-8-10-17(11-9-16)21(3,4)5/h6-13,15H,1-5H3/t15-/m0/s1. The van der Waals surface area contributed by atoms with Crippen molar-refractivity contribution in [2.45, 2.75) is 50.4 Å². The molecule has 2 aromatic carbocycles. The molecule has 0 radical (unpaired) electrons. The molecule has 0 aliphatic carbocycles. The van der Waals surface area contributed by atoms with Gasteiger partial charge in [-0.05, 0) is 47.4 Å². The first-order chi connectivity index (χ1) is 12.8. The second-order valence-corrected chi connectivity index (χ2v) is 8.97. The minimum Gasteiger partial charge on any atom is -0.293 e. The molecule has 140 valence electrons. The van der Waals surface area contributed by atoms with Crippen molar-refractivity contribution in [3.05, 3.63) is 65.2 Å². The van der Waals surface area contributed by atoms with Crippen molar-refractivity contribution in [2.75, 3.05) is 0 Å². The minimum absolute atomic E-state index is 0.0675. The van der Waals surface area contributed by atoms with E-state index in [4.69, 9.17) is 0 Å². The summed E-state index contributed by atoms with van der Waals surface area (Å²) in [6, 6.07) is 15.8. The van der Waals surface area contributed by atoms with E-state index in [9.17, 15) is 4.79 Å². The molecule has 27 heavy (non-hydrogen) atoms. The highest BCUT2D eigenvalue weighted by molar-refractivity contribution is 8.00. The summed E-state index contributed by atoms with van der Waals surface area (Å²) >= 11 is 1.37. The van der Waals surface area contributed by atoms with Gasteiger partial charge in [-0.15, -0.1) is 5.10 Å². The molecule has 1 heterocycles. The molecular formula is C21H24N4OS. The van der Waals surface area contributed by atoms with Gasteiger partial charge in [-0.2, -0.15) is 4.68 Å². The SMILES string of the molecule is Cc1ccc(-n2nnnc2S[C@@H](C)C(=O)c2ccc(C(C)(C)C)cc2)cc1. The molecule has 0 bridgehead atoms. The van der Waals surface area contributed by atoms with Crippen LogP contribution in [-0.4, -0.2) is 31.2 Å². The number of rotatable bonds is 5. The van der Waals surface area contributed by atoms with E-state index in [0.717, 1.165) is 5.69 Å². The van der Waals surface area contributed by atoms with Crippen LogP contribution >= 0.6 is 11.8 Å². The second-order valence-electron chi connectivity index (χ2n) is 7.66. The van der Waals surface area contributed by atoms with Crippen LogP contribution in [0.2, 0.25) is 0 Å². The lowest BCUT2D eigenvalue weighted by Crippen LogP contribution is -2.16. The quantitative estimate of drug-likeness (QED) is 0.477. The van der Waals surface area contributed by atoms with Gasteiger partial charge >= 0.3 is 0 Å². The molecule has 3 aromatic rings. The average Bonchev–Trinajstić information content (AvgIpc) is 3.09. The summed E-state index contributed by atoms with van der Waals surface area (Å²) in [5.74, 6) is 0.0684. The third-order valence-corrected chi connectivity index (χ3v) is 5.44. The highest BCUT2D eigenvalue weighted by Crippen LogP contribution is 2.27. The number of aromatic nitrogens is 4. The lowest BCUT2D eigenvalue weighted by Gasteiger charge is -2.19. The number of carbonyl (C=O) groups excluding carboxylic acids is 1. The van der Waals surface area contributed by atoms with E-state index >= 15 is 0 Å². The maximum absolute atomic E-state index is 12.8. The largest absolute Gasteiger partial charge is 0.293 e. The molecule has 0 saturated carbocycles. The molecule has 6 heteroatoms. The third kappa shape index (κ3) is 4.45. The summed E-state index contributed by atoms with van der Waals surface area (Å²) in [6.07, 6.45) is 0. The zero-order valence-corrected chi connectivity index (χ0v) is 17.1. The molecule has 0 saturated heterocycles. The van der Waals surface area contributed by atoms with Crippen molar-refractivity contribution in [3.63, 3.8) is 0 Å². The second kappa shape index (κ2) is 7.64. The fraction of sp³-hybridized carbons (Fsp3) is 0.333. The Morgan fingerprint density at radius 1 is 1.04 bits per heavy atom. The first kappa shape index (κ1) is 19.3.